The molecule has 0 aromatic heterocycles. The molecule has 0 bridgehead atoms. The minimum Gasteiger partial charge on any atom is -0.368 e. The van der Waals surface area contributed by atoms with Gasteiger partial charge in [0.15, 0.2) is 0 Å². The van der Waals surface area contributed by atoms with E-state index in [0.29, 0.717) is 12.8 Å². The molecule has 1 atom stereocenters. The van der Waals surface area contributed by atoms with Crippen LogP contribution in [-0.4, -0.2) is 24.2 Å². The quantitative estimate of drug-likeness (QED) is 0.632. The Morgan fingerprint density at radius 3 is 2.17 bits per heavy atom. The lowest BCUT2D eigenvalue weighted by Gasteiger charge is -2.28. The Labute approximate surface area is 106 Å². The Hall–Kier alpha value is -0.780. The molecule has 0 rings (SSSR count). The molecule has 0 aliphatic rings. The lowest BCUT2D eigenvalue weighted by Crippen LogP contribution is -2.55. The summed E-state index contributed by atoms with van der Waals surface area (Å²) in [5.74, 6) is -0.734. The van der Waals surface area contributed by atoms with Crippen LogP contribution in [0, 0.1) is 0 Å². The molecule has 18 heavy (non-hydrogen) atoms. The van der Waals surface area contributed by atoms with Crippen LogP contribution in [0.1, 0.15) is 52.4 Å². The molecule has 3 nitrogen and oxygen atoms in total. The van der Waals surface area contributed by atoms with Gasteiger partial charge in [0.2, 0.25) is 5.91 Å². The van der Waals surface area contributed by atoms with E-state index >= 15 is 0 Å². The van der Waals surface area contributed by atoms with Gasteiger partial charge in [0.05, 0.1) is 12.1 Å². The van der Waals surface area contributed by atoms with Gasteiger partial charge in [-0.2, -0.15) is 13.2 Å². The molecule has 1 unspecified atom stereocenters. The van der Waals surface area contributed by atoms with E-state index in [2.05, 4.69) is 12.2 Å². The molecule has 3 N–H and O–H groups in total. The zero-order valence-corrected chi connectivity index (χ0v) is 11.1. The maximum atomic E-state index is 12.1. The van der Waals surface area contributed by atoms with Gasteiger partial charge in [-0.25, -0.2) is 0 Å². The topological polar surface area (TPSA) is 55.1 Å². The third kappa shape index (κ3) is 7.53. The van der Waals surface area contributed by atoms with Gasteiger partial charge >= 0.3 is 6.18 Å². The first-order chi connectivity index (χ1) is 8.21. The first kappa shape index (κ1) is 17.2. The highest BCUT2D eigenvalue weighted by Gasteiger charge is 2.35. The first-order valence-corrected chi connectivity index (χ1v) is 6.33. The lowest BCUT2D eigenvalue weighted by atomic mass is 9.93. The molecule has 0 saturated heterocycles. The SMILES string of the molecule is CCCCCCCC(C)(NCC(F)(F)F)C(N)=O. The minimum absolute atomic E-state index is 0.335. The third-order valence-electron chi connectivity index (χ3n) is 3.00. The normalized spacial score (nSPS) is 15.4. The molecular formula is C12H23F3N2O. The van der Waals surface area contributed by atoms with Gasteiger partial charge in [-0.15, -0.1) is 0 Å². The average Bonchev–Trinajstić information content (AvgIpc) is 2.25. The smallest absolute Gasteiger partial charge is 0.368 e. The van der Waals surface area contributed by atoms with E-state index in [1.54, 1.807) is 0 Å². The average molecular weight is 268 g/mol. The van der Waals surface area contributed by atoms with Crippen molar-refractivity contribution in [3.63, 3.8) is 0 Å². The fourth-order valence-corrected chi connectivity index (χ4v) is 1.68. The van der Waals surface area contributed by atoms with Crippen molar-refractivity contribution < 1.29 is 18.0 Å². The van der Waals surface area contributed by atoms with Crippen LogP contribution in [0.2, 0.25) is 0 Å². The Morgan fingerprint density at radius 1 is 1.17 bits per heavy atom. The summed E-state index contributed by atoms with van der Waals surface area (Å²) >= 11 is 0. The minimum atomic E-state index is -4.33. The van der Waals surface area contributed by atoms with Crippen LogP contribution in [-0.2, 0) is 4.79 Å². The largest absolute Gasteiger partial charge is 0.401 e. The summed E-state index contributed by atoms with van der Waals surface area (Å²) in [5, 5.41) is 2.23. The number of alkyl halides is 3. The number of nitrogens with one attached hydrogen (secondary N) is 1. The summed E-state index contributed by atoms with van der Waals surface area (Å²) in [6.45, 7) is 2.32. The fraction of sp³-hybridized carbons (Fsp3) is 0.917. The number of primary amides is 1. The van der Waals surface area contributed by atoms with E-state index in [4.69, 9.17) is 5.73 Å². The number of hydrogen-bond donors (Lipinski definition) is 2. The van der Waals surface area contributed by atoms with Gasteiger partial charge in [0, 0.05) is 0 Å². The molecule has 0 fully saturated rings. The van der Waals surface area contributed by atoms with E-state index in [1.165, 1.54) is 6.92 Å². The molecule has 0 heterocycles. The van der Waals surface area contributed by atoms with Crippen molar-refractivity contribution in [3.05, 3.63) is 0 Å². The first-order valence-electron chi connectivity index (χ1n) is 6.33. The maximum Gasteiger partial charge on any atom is 0.401 e. The highest BCUT2D eigenvalue weighted by atomic mass is 19.4. The summed E-state index contributed by atoms with van der Waals surface area (Å²) in [7, 11) is 0. The van der Waals surface area contributed by atoms with Gasteiger partial charge in [-0.3, -0.25) is 10.1 Å². The number of halogens is 3. The predicted octanol–water partition coefficient (Wildman–Crippen LogP) is 2.74. The Morgan fingerprint density at radius 2 is 1.72 bits per heavy atom. The zero-order chi connectivity index (χ0) is 14.2. The second kappa shape index (κ2) is 7.61. The predicted molar refractivity (Wildman–Crippen MR) is 65.0 cm³/mol. The molecule has 0 aliphatic heterocycles. The van der Waals surface area contributed by atoms with Crippen molar-refractivity contribution in [2.75, 3.05) is 6.54 Å². The standard InChI is InChI=1S/C12H23F3N2O/c1-3-4-5-6-7-8-11(2,10(16)18)17-9-12(13,14)15/h17H,3-9H2,1-2H3,(H2,16,18). The summed E-state index contributed by atoms with van der Waals surface area (Å²) in [6, 6.07) is 0. The molecule has 0 aliphatic carbocycles. The molecule has 6 heteroatoms. The summed E-state index contributed by atoms with van der Waals surface area (Å²) in [4.78, 5) is 11.3. The highest BCUT2D eigenvalue weighted by molar-refractivity contribution is 5.84. The maximum absolute atomic E-state index is 12.1. The van der Waals surface area contributed by atoms with Crippen LogP contribution in [0.15, 0.2) is 0 Å². The molecule has 0 radical (unpaired) electrons. The number of nitrogens with two attached hydrogens (primary N) is 1. The molecule has 0 aromatic rings. The zero-order valence-electron chi connectivity index (χ0n) is 11.1. The van der Waals surface area contributed by atoms with Crippen molar-refractivity contribution >= 4 is 5.91 Å². The molecule has 0 spiro atoms. The van der Waals surface area contributed by atoms with Crippen LogP contribution in [0.5, 0.6) is 0 Å². The van der Waals surface area contributed by atoms with Crippen LogP contribution in [0.3, 0.4) is 0 Å². The van der Waals surface area contributed by atoms with Crippen LogP contribution < -0.4 is 11.1 Å². The number of unbranched alkanes of at least 4 members (excludes halogenated alkanes) is 4. The van der Waals surface area contributed by atoms with E-state index in [-0.39, 0.29) is 0 Å². The number of rotatable bonds is 9. The molecule has 0 saturated carbocycles. The van der Waals surface area contributed by atoms with Gasteiger partial charge in [-0.05, 0) is 13.3 Å². The number of carbonyl (C=O) groups excluding carboxylic acids is 1. The number of carbonyl (C=O) groups is 1. The molecule has 1 amide bonds. The monoisotopic (exact) mass is 268 g/mol. The van der Waals surface area contributed by atoms with Crippen molar-refractivity contribution in [2.45, 2.75) is 64.1 Å². The second-order valence-corrected chi connectivity index (χ2v) is 4.83. The van der Waals surface area contributed by atoms with Gasteiger partial charge in [0.1, 0.15) is 0 Å². The number of amides is 1. The van der Waals surface area contributed by atoms with E-state index < -0.39 is 24.2 Å². The van der Waals surface area contributed by atoms with Crippen molar-refractivity contribution in [1.82, 2.24) is 5.32 Å². The van der Waals surface area contributed by atoms with E-state index in [0.717, 1.165) is 25.7 Å². The summed E-state index contributed by atoms with van der Waals surface area (Å²) < 4.78 is 36.4. The van der Waals surface area contributed by atoms with Crippen LogP contribution >= 0.6 is 0 Å². The van der Waals surface area contributed by atoms with E-state index in [1.807, 2.05) is 0 Å². The summed E-state index contributed by atoms with van der Waals surface area (Å²) in [5.41, 5.74) is 3.90. The molecular weight excluding hydrogens is 245 g/mol. The molecule has 0 aromatic carbocycles. The van der Waals surface area contributed by atoms with Crippen LogP contribution in [0.4, 0.5) is 13.2 Å². The Bertz CT molecular complexity index is 256. The Balaban J connectivity index is 4.14. The third-order valence-corrected chi connectivity index (χ3v) is 3.00. The lowest BCUT2D eigenvalue weighted by molar-refractivity contribution is -0.135. The van der Waals surface area contributed by atoms with Crippen LogP contribution in [0.25, 0.3) is 0 Å². The number of hydrogen-bond acceptors (Lipinski definition) is 2. The van der Waals surface area contributed by atoms with Crippen molar-refractivity contribution in [3.8, 4) is 0 Å². The molecule has 108 valence electrons. The van der Waals surface area contributed by atoms with Gasteiger partial charge < -0.3 is 5.73 Å². The highest BCUT2D eigenvalue weighted by Crippen LogP contribution is 2.19. The fourth-order valence-electron chi connectivity index (χ4n) is 1.68. The van der Waals surface area contributed by atoms with E-state index in [9.17, 15) is 18.0 Å². The van der Waals surface area contributed by atoms with Gasteiger partial charge in [0.25, 0.3) is 0 Å². The van der Waals surface area contributed by atoms with Gasteiger partial charge in [-0.1, -0.05) is 39.0 Å². The van der Waals surface area contributed by atoms with Crippen molar-refractivity contribution in [2.24, 2.45) is 5.73 Å². The second-order valence-electron chi connectivity index (χ2n) is 4.83. The van der Waals surface area contributed by atoms with Crippen molar-refractivity contribution in [1.29, 1.82) is 0 Å². The summed E-state index contributed by atoms with van der Waals surface area (Å²) in [6.07, 6.45) is 0.836. The Kier molecular flexibility index (Phi) is 7.28.